The van der Waals surface area contributed by atoms with E-state index in [9.17, 15) is 13.6 Å². The van der Waals surface area contributed by atoms with Crippen LogP contribution in [0.25, 0.3) is 0 Å². The van der Waals surface area contributed by atoms with E-state index in [1.807, 2.05) is 30.3 Å². The molecular formula is C21H23F2NO3. The predicted molar refractivity (Wildman–Crippen MR) is 97.6 cm³/mol. The van der Waals surface area contributed by atoms with E-state index in [0.717, 1.165) is 11.6 Å². The number of carbonyl (C=O) groups is 1. The fourth-order valence-electron chi connectivity index (χ4n) is 2.89. The lowest BCUT2D eigenvalue weighted by molar-refractivity contribution is 0.0522. The van der Waals surface area contributed by atoms with Crippen molar-refractivity contribution in [3.05, 3.63) is 65.2 Å². The fourth-order valence-corrected chi connectivity index (χ4v) is 2.89. The van der Waals surface area contributed by atoms with Crippen molar-refractivity contribution < 1.29 is 23.0 Å². The normalized spacial score (nSPS) is 18.7. The van der Waals surface area contributed by atoms with Crippen LogP contribution in [0, 0.1) is 11.6 Å². The van der Waals surface area contributed by atoms with Crippen molar-refractivity contribution in [2.45, 2.75) is 51.4 Å². The predicted octanol–water partition coefficient (Wildman–Crippen LogP) is 4.92. The van der Waals surface area contributed by atoms with E-state index in [-0.39, 0.29) is 24.3 Å². The van der Waals surface area contributed by atoms with Crippen molar-refractivity contribution >= 4 is 6.09 Å². The van der Waals surface area contributed by atoms with Crippen LogP contribution in [0.4, 0.5) is 13.6 Å². The second kappa shape index (κ2) is 7.55. The fraction of sp³-hybridized carbons (Fsp3) is 0.381. The van der Waals surface area contributed by atoms with E-state index in [2.05, 4.69) is 5.32 Å². The molecule has 0 spiro atoms. The molecule has 0 unspecified atom stereocenters. The molecule has 0 aliphatic heterocycles. The van der Waals surface area contributed by atoms with E-state index in [4.69, 9.17) is 9.47 Å². The first kappa shape index (κ1) is 19.1. The molecule has 1 aliphatic rings. The zero-order valence-corrected chi connectivity index (χ0v) is 15.6. The molecule has 1 amide bonds. The number of halogens is 2. The van der Waals surface area contributed by atoms with Crippen molar-refractivity contribution in [2.24, 2.45) is 0 Å². The van der Waals surface area contributed by atoms with Gasteiger partial charge < -0.3 is 14.8 Å². The molecule has 2 aromatic carbocycles. The quantitative estimate of drug-likeness (QED) is 0.807. The Bertz CT molecular complexity index is 818. The number of hydrogen-bond donors (Lipinski definition) is 1. The minimum absolute atomic E-state index is 0.0266. The molecule has 6 heteroatoms. The van der Waals surface area contributed by atoms with Crippen LogP contribution in [0.5, 0.6) is 5.75 Å². The summed E-state index contributed by atoms with van der Waals surface area (Å²) in [5, 5.41) is 2.74. The molecule has 27 heavy (non-hydrogen) atoms. The van der Waals surface area contributed by atoms with Crippen molar-refractivity contribution in [2.75, 3.05) is 0 Å². The van der Waals surface area contributed by atoms with Gasteiger partial charge in [-0.1, -0.05) is 30.3 Å². The van der Waals surface area contributed by atoms with Gasteiger partial charge in [0.2, 0.25) is 0 Å². The molecule has 0 bridgehead atoms. The van der Waals surface area contributed by atoms with Gasteiger partial charge in [-0.15, -0.1) is 0 Å². The highest BCUT2D eigenvalue weighted by Crippen LogP contribution is 2.46. The van der Waals surface area contributed by atoms with Gasteiger partial charge >= 0.3 is 6.09 Å². The van der Waals surface area contributed by atoms with E-state index in [1.54, 1.807) is 20.8 Å². The van der Waals surface area contributed by atoms with Gasteiger partial charge in [-0.2, -0.15) is 0 Å². The Morgan fingerprint density at radius 3 is 2.56 bits per heavy atom. The monoisotopic (exact) mass is 375 g/mol. The molecule has 2 atom stereocenters. The Labute approximate surface area is 157 Å². The summed E-state index contributed by atoms with van der Waals surface area (Å²) in [7, 11) is 0. The van der Waals surface area contributed by atoms with Gasteiger partial charge in [-0.25, -0.2) is 13.6 Å². The summed E-state index contributed by atoms with van der Waals surface area (Å²) in [6.45, 7) is 5.49. The topological polar surface area (TPSA) is 47.6 Å². The SMILES string of the molecule is CC(C)(C)OC(=O)N[C@@H]1C[C@H]1c1cc(F)cc(F)c1OCc1ccccc1. The van der Waals surface area contributed by atoms with Gasteiger partial charge in [0.25, 0.3) is 0 Å². The summed E-state index contributed by atoms with van der Waals surface area (Å²) < 4.78 is 39.0. The Morgan fingerprint density at radius 1 is 1.19 bits per heavy atom. The molecule has 1 fully saturated rings. The molecule has 1 aliphatic carbocycles. The number of carbonyl (C=O) groups excluding carboxylic acids is 1. The first-order valence-electron chi connectivity index (χ1n) is 8.88. The maximum absolute atomic E-state index is 14.3. The zero-order chi connectivity index (χ0) is 19.6. The molecule has 0 heterocycles. The van der Waals surface area contributed by atoms with Crippen molar-refractivity contribution in [1.29, 1.82) is 0 Å². The van der Waals surface area contributed by atoms with E-state index in [1.165, 1.54) is 6.07 Å². The van der Waals surface area contributed by atoms with Crippen LogP contribution >= 0.6 is 0 Å². The second-order valence-electron chi connectivity index (χ2n) is 7.68. The standard InChI is InChI=1S/C21H23F2NO3/c1-21(2,3)27-20(25)24-18-11-15(18)16-9-14(22)10-17(23)19(16)26-12-13-7-5-4-6-8-13/h4-10,15,18H,11-12H2,1-3H3,(H,24,25)/t15-,18+/m0/s1. The van der Waals surface area contributed by atoms with Crippen molar-refractivity contribution in [3.8, 4) is 5.75 Å². The molecular weight excluding hydrogens is 352 g/mol. The van der Waals surface area contributed by atoms with Crippen LogP contribution in [0.15, 0.2) is 42.5 Å². The molecule has 2 aromatic rings. The number of rotatable bonds is 5. The van der Waals surface area contributed by atoms with Crippen LogP contribution < -0.4 is 10.1 Å². The highest BCUT2D eigenvalue weighted by Gasteiger charge is 2.43. The number of nitrogens with one attached hydrogen (secondary N) is 1. The van der Waals surface area contributed by atoms with Crippen LogP contribution in [0.3, 0.4) is 0 Å². The van der Waals surface area contributed by atoms with Gasteiger partial charge in [0.1, 0.15) is 18.0 Å². The number of amides is 1. The van der Waals surface area contributed by atoms with Gasteiger partial charge in [0, 0.05) is 23.6 Å². The van der Waals surface area contributed by atoms with E-state index in [0.29, 0.717) is 12.0 Å². The third-order valence-electron chi connectivity index (χ3n) is 4.16. The molecule has 0 radical (unpaired) electrons. The summed E-state index contributed by atoms with van der Waals surface area (Å²) in [5.41, 5.74) is 0.694. The summed E-state index contributed by atoms with van der Waals surface area (Å²) in [6, 6.07) is 11.2. The molecule has 1 saturated carbocycles. The zero-order valence-electron chi connectivity index (χ0n) is 15.6. The van der Waals surface area contributed by atoms with Crippen LogP contribution in [-0.4, -0.2) is 17.7 Å². The highest BCUT2D eigenvalue weighted by molar-refractivity contribution is 5.69. The van der Waals surface area contributed by atoms with Crippen molar-refractivity contribution in [3.63, 3.8) is 0 Å². The largest absolute Gasteiger partial charge is 0.486 e. The smallest absolute Gasteiger partial charge is 0.407 e. The number of benzene rings is 2. The molecule has 4 nitrogen and oxygen atoms in total. The summed E-state index contributed by atoms with van der Waals surface area (Å²) in [6.07, 6.45) is 0.0303. The molecule has 1 N–H and O–H groups in total. The molecule has 144 valence electrons. The molecule has 3 rings (SSSR count). The maximum atomic E-state index is 14.3. The summed E-state index contributed by atoms with van der Waals surface area (Å²) in [4.78, 5) is 11.9. The van der Waals surface area contributed by atoms with E-state index >= 15 is 0 Å². The van der Waals surface area contributed by atoms with Crippen molar-refractivity contribution in [1.82, 2.24) is 5.32 Å². The average Bonchev–Trinajstić information content (AvgIpc) is 3.31. The molecule has 0 aromatic heterocycles. The first-order chi connectivity index (χ1) is 12.7. The lowest BCUT2D eigenvalue weighted by atomic mass is 10.1. The van der Waals surface area contributed by atoms with E-state index < -0.39 is 23.3 Å². The highest BCUT2D eigenvalue weighted by atomic mass is 19.1. The third kappa shape index (κ3) is 5.18. The molecule has 0 saturated heterocycles. The first-order valence-corrected chi connectivity index (χ1v) is 8.88. The number of hydrogen-bond acceptors (Lipinski definition) is 3. The van der Waals surface area contributed by atoms with Crippen LogP contribution in [0.2, 0.25) is 0 Å². The van der Waals surface area contributed by atoms with Crippen LogP contribution in [0.1, 0.15) is 44.2 Å². The van der Waals surface area contributed by atoms with Gasteiger partial charge in [0.15, 0.2) is 11.6 Å². The van der Waals surface area contributed by atoms with Crippen LogP contribution in [-0.2, 0) is 11.3 Å². The summed E-state index contributed by atoms with van der Waals surface area (Å²) >= 11 is 0. The van der Waals surface area contributed by atoms with Gasteiger partial charge in [-0.05, 0) is 38.8 Å². The Balaban J connectivity index is 1.71. The lowest BCUT2D eigenvalue weighted by Gasteiger charge is -2.20. The number of alkyl carbamates (subject to hydrolysis) is 1. The maximum Gasteiger partial charge on any atom is 0.407 e. The minimum atomic E-state index is -0.746. The number of ether oxygens (including phenoxy) is 2. The Kier molecular flexibility index (Phi) is 5.35. The second-order valence-corrected chi connectivity index (χ2v) is 7.68. The Morgan fingerprint density at radius 2 is 1.89 bits per heavy atom. The average molecular weight is 375 g/mol. The van der Waals surface area contributed by atoms with Gasteiger partial charge in [-0.3, -0.25) is 0 Å². The third-order valence-corrected chi connectivity index (χ3v) is 4.16. The lowest BCUT2D eigenvalue weighted by Crippen LogP contribution is -2.34. The summed E-state index contributed by atoms with van der Waals surface area (Å²) in [5.74, 6) is -1.60. The minimum Gasteiger partial charge on any atom is -0.486 e. The van der Waals surface area contributed by atoms with Gasteiger partial charge in [0.05, 0.1) is 0 Å². The Hall–Kier alpha value is -2.63.